The molecule has 88 valence electrons. The summed E-state index contributed by atoms with van der Waals surface area (Å²) in [6, 6.07) is 2.07. The van der Waals surface area contributed by atoms with Gasteiger partial charge in [-0.25, -0.2) is 0 Å². The van der Waals surface area contributed by atoms with Crippen LogP contribution >= 0.6 is 0 Å². The standard InChI is InChI=1S/C12H18FN3/c1-9-7-12(15-14-10(9)2)16-5-3-11(8-13)4-6-16/h7,11H,3-6,8H2,1-2H3. The minimum atomic E-state index is -0.188. The molecule has 0 aliphatic carbocycles. The van der Waals surface area contributed by atoms with Gasteiger partial charge < -0.3 is 4.90 Å². The number of alkyl halides is 1. The zero-order valence-corrected chi connectivity index (χ0v) is 9.91. The fourth-order valence-electron chi connectivity index (χ4n) is 2.00. The molecule has 0 radical (unpaired) electrons. The lowest BCUT2D eigenvalue weighted by Crippen LogP contribution is -2.35. The second kappa shape index (κ2) is 4.76. The van der Waals surface area contributed by atoms with Crippen molar-refractivity contribution in [3.05, 3.63) is 17.3 Å². The summed E-state index contributed by atoms with van der Waals surface area (Å²) in [4.78, 5) is 2.20. The first-order chi connectivity index (χ1) is 7.70. The average molecular weight is 223 g/mol. The summed E-state index contributed by atoms with van der Waals surface area (Å²) in [6.45, 7) is 5.60. The highest BCUT2D eigenvalue weighted by atomic mass is 19.1. The molecule has 0 saturated carbocycles. The molecule has 0 amide bonds. The van der Waals surface area contributed by atoms with Crippen LogP contribution in [0.2, 0.25) is 0 Å². The van der Waals surface area contributed by atoms with E-state index in [1.165, 1.54) is 0 Å². The lowest BCUT2D eigenvalue weighted by atomic mass is 9.98. The molecule has 2 rings (SSSR count). The molecule has 0 unspecified atom stereocenters. The van der Waals surface area contributed by atoms with Gasteiger partial charge in [0, 0.05) is 13.1 Å². The Labute approximate surface area is 95.7 Å². The van der Waals surface area contributed by atoms with Crippen molar-refractivity contribution >= 4 is 5.82 Å². The molecule has 0 N–H and O–H groups in total. The van der Waals surface area contributed by atoms with Crippen LogP contribution in [0.15, 0.2) is 6.07 Å². The number of anilines is 1. The van der Waals surface area contributed by atoms with Gasteiger partial charge in [-0.15, -0.1) is 5.10 Å². The van der Waals surface area contributed by atoms with Crippen molar-refractivity contribution in [1.29, 1.82) is 0 Å². The van der Waals surface area contributed by atoms with E-state index >= 15 is 0 Å². The molecule has 0 bridgehead atoms. The largest absolute Gasteiger partial charge is 0.355 e. The zero-order valence-electron chi connectivity index (χ0n) is 9.91. The van der Waals surface area contributed by atoms with Crippen molar-refractivity contribution in [2.45, 2.75) is 26.7 Å². The Morgan fingerprint density at radius 2 is 2.00 bits per heavy atom. The van der Waals surface area contributed by atoms with E-state index < -0.39 is 0 Å². The van der Waals surface area contributed by atoms with E-state index in [1.54, 1.807) is 0 Å². The van der Waals surface area contributed by atoms with Crippen LogP contribution in [0.3, 0.4) is 0 Å². The highest BCUT2D eigenvalue weighted by molar-refractivity contribution is 5.41. The number of nitrogens with zero attached hydrogens (tertiary/aromatic N) is 3. The van der Waals surface area contributed by atoms with Crippen LogP contribution in [0.4, 0.5) is 10.2 Å². The van der Waals surface area contributed by atoms with Crippen LogP contribution in [-0.4, -0.2) is 30.0 Å². The van der Waals surface area contributed by atoms with E-state index in [0.717, 1.165) is 43.0 Å². The van der Waals surface area contributed by atoms with E-state index in [2.05, 4.69) is 21.2 Å². The summed E-state index contributed by atoms with van der Waals surface area (Å²) in [5.74, 6) is 1.18. The highest BCUT2D eigenvalue weighted by Gasteiger charge is 2.20. The Kier molecular flexibility index (Phi) is 3.36. The smallest absolute Gasteiger partial charge is 0.151 e. The minimum Gasteiger partial charge on any atom is -0.355 e. The summed E-state index contributed by atoms with van der Waals surface area (Å²) in [7, 11) is 0. The maximum Gasteiger partial charge on any atom is 0.151 e. The first-order valence-corrected chi connectivity index (χ1v) is 5.82. The van der Waals surface area contributed by atoms with Gasteiger partial charge in [0.1, 0.15) is 0 Å². The highest BCUT2D eigenvalue weighted by Crippen LogP contribution is 2.22. The monoisotopic (exact) mass is 223 g/mol. The van der Waals surface area contributed by atoms with Crippen LogP contribution in [0.25, 0.3) is 0 Å². The SMILES string of the molecule is Cc1cc(N2CCC(CF)CC2)nnc1C. The van der Waals surface area contributed by atoms with Crippen molar-refractivity contribution < 1.29 is 4.39 Å². The first-order valence-electron chi connectivity index (χ1n) is 5.82. The van der Waals surface area contributed by atoms with Crippen LogP contribution in [0, 0.1) is 19.8 Å². The van der Waals surface area contributed by atoms with E-state index in [-0.39, 0.29) is 12.6 Å². The first kappa shape index (κ1) is 11.3. The Hall–Kier alpha value is -1.19. The maximum absolute atomic E-state index is 12.5. The second-order valence-electron chi connectivity index (χ2n) is 4.56. The Bertz CT molecular complexity index is 359. The molecule has 2 heterocycles. The fourth-order valence-corrected chi connectivity index (χ4v) is 2.00. The second-order valence-corrected chi connectivity index (χ2v) is 4.56. The Morgan fingerprint density at radius 1 is 1.31 bits per heavy atom. The van der Waals surface area contributed by atoms with E-state index in [9.17, 15) is 4.39 Å². The van der Waals surface area contributed by atoms with Gasteiger partial charge in [0.15, 0.2) is 5.82 Å². The summed E-state index contributed by atoms with van der Waals surface area (Å²) < 4.78 is 12.5. The molecule has 1 aliphatic heterocycles. The van der Waals surface area contributed by atoms with Crippen molar-refractivity contribution in [2.75, 3.05) is 24.7 Å². The molecule has 1 aromatic rings. The van der Waals surface area contributed by atoms with Crippen LogP contribution in [0.1, 0.15) is 24.1 Å². The van der Waals surface area contributed by atoms with Crippen molar-refractivity contribution in [3.8, 4) is 0 Å². The van der Waals surface area contributed by atoms with Gasteiger partial charge in [-0.2, -0.15) is 5.10 Å². The molecular formula is C12H18FN3. The van der Waals surface area contributed by atoms with Crippen LogP contribution < -0.4 is 4.90 Å². The van der Waals surface area contributed by atoms with E-state index in [0.29, 0.717) is 0 Å². The molecule has 0 spiro atoms. The number of hydrogen-bond donors (Lipinski definition) is 0. The number of aromatic nitrogens is 2. The predicted octanol–water partition coefficient (Wildman–Crippen LogP) is 2.28. The van der Waals surface area contributed by atoms with Gasteiger partial charge >= 0.3 is 0 Å². The topological polar surface area (TPSA) is 29.0 Å². The van der Waals surface area contributed by atoms with Crippen molar-refractivity contribution in [1.82, 2.24) is 10.2 Å². The minimum absolute atomic E-state index is 0.188. The van der Waals surface area contributed by atoms with Crippen molar-refractivity contribution in [2.24, 2.45) is 5.92 Å². The number of rotatable bonds is 2. The van der Waals surface area contributed by atoms with Gasteiger partial charge in [0.05, 0.1) is 12.4 Å². The molecular weight excluding hydrogens is 205 g/mol. The molecule has 0 aromatic carbocycles. The number of piperidine rings is 1. The normalized spacial score (nSPS) is 17.8. The third-order valence-electron chi connectivity index (χ3n) is 3.38. The quantitative estimate of drug-likeness (QED) is 0.770. The lowest BCUT2D eigenvalue weighted by Gasteiger charge is -2.31. The third kappa shape index (κ3) is 2.31. The predicted molar refractivity (Wildman–Crippen MR) is 62.4 cm³/mol. The van der Waals surface area contributed by atoms with Crippen LogP contribution in [-0.2, 0) is 0 Å². The molecule has 0 atom stereocenters. The molecule has 1 aliphatic rings. The summed E-state index contributed by atoms with van der Waals surface area (Å²) in [5, 5.41) is 8.32. The molecule has 1 aromatic heterocycles. The van der Waals surface area contributed by atoms with Crippen molar-refractivity contribution in [3.63, 3.8) is 0 Å². The van der Waals surface area contributed by atoms with E-state index in [1.807, 2.05) is 13.8 Å². The molecule has 1 saturated heterocycles. The molecule has 4 heteroatoms. The lowest BCUT2D eigenvalue weighted by molar-refractivity contribution is 0.307. The third-order valence-corrected chi connectivity index (χ3v) is 3.38. The van der Waals surface area contributed by atoms with Gasteiger partial charge in [0.25, 0.3) is 0 Å². The molecule has 16 heavy (non-hydrogen) atoms. The summed E-state index contributed by atoms with van der Waals surface area (Å²) in [5.41, 5.74) is 2.14. The molecule has 1 fully saturated rings. The number of aryl methyl sites for hydroxylation is 2. The fraction of sp³-hybridized carbons (Fsp3) is 0.667. The average Bonchev–Trinajstić information content (AvgIpc) is 2.33. The van der Waals surface area contributed by atoms with E-state index in [4.69, 9.17) is 0 Å². The summed E-state index contributed by atoms with van der Waals surface area (Å²) >= 11 is 0. The van der Waals surface area contributed by atoms with Crippen LogP contribution in [0.5, 0.6) is 0 Å². The molecule has 3 nitrogen and oxygen atoms in total. The number of hydrogen-bond acceptors (Lipinski definition) is 3. The van der Waals surface area contributed by atoms with Gasteiger partial charge in [-0.3, -0.25) is 4.39 Å². The van der Waals surface area contributed by atoms with Gasteiger partial charge in [-0.1, -0.05) is 0 Å². The maximum atomic E-state index is 12.5. The zero-order chi connectivity index (χ0) is 11.5. The Morgan fingerprint density at radius 3 is 2.56 bits per heavy atom. The number of halogens is 1. The van der Waals surface area contributed by atoms with Gasteiger partial charge in [-0.05, 0) is 44.2 Å². The van der Waals surface area contributed by atoms with Gasteiger partial charge in [0.2, 0.25) is 0 Å². The Balaban J connectivity index is 2.05. The summed E-state index contributed by atoms with van der Waals surface area (Å²) in [6.07, 6.45) is 1.84.